The van der Waals surface area contributed by atoms with Crippen LogP contribution >= 0.6 is 0 Å². The number of hydrogen-bond donors (Lipinski definition) is 0. The Morgan fingerprint density at radius 3 is 2.31 bits per heavy atom. The molecule has 0 unspecified atom stereocenters. The van der Waals surface area contributed by atoms with E-state index >= 15 is 0 Å². The van der Waals surface area contributed by atoms with Crippen molar-refractivity contribution in [2.45, 2.75) is 20.8 Å². The van der Waals surface area contributed by atoms with Crippen LogP contribution in [0.3, 0.4) is 0 Å². The highest BCUT2D eigenvalue weighted by atomic mass is 15.1. The van der Waals surface area contributed by atoms with Crippen LogP contribution < -0.4 is 4.90 Å². The fourth-order valence-electron chi connectivity index (χ4n) is 1.56. The van der Waals surface area contributed by atoms with Gasteiger partial charge in [-0.2, -0.15) is 0 Å². The molecule has 0 saturated carbocycles. The van der Waals surface area contributed by atoms with Crippen molar-refractivity contribution < 1.29 is 0 Å². The Hall–Kier alpha value is -1.57. The van der Waals surface area contributed by atoms with Gasteiger partial charge in [0.15, 0.2) is 0 Å². The van der Waals surface area contributed by atoms with Crippen molar-refractivity contribution in [1.82, 2.24) is 4.98 Å². The van der Waals surface area contributed by atoms with Crippen LogP contribution in [0.2, 0.25) is 0 Å². The average molecular weight is 216 g/mol. The molecule has 0 radical (unpaired) electrons. The molecule has 0 aliphatic heterocycles. The maximum atomic E-state index is 4.56. The molecule has 2 nitrogen and oxygen atoms in total. The van der Waals surface area contributed by atoms with Crippen LogP contribution in [-0.4, -0.2) is 19.1 Å². The van der Waals surface area contributed by atoms with Gasteiger partial charge in [0.05, 0.1) is 5.52 Å². The second-order valence-corrected chi connectivity index (χ2v) is 3.71. The molecular formula is C14H20N2. The van der Waals surface area contributed by atoms with Crippen molar-refractivity contribution in [3.05, 3.63) is 35.9 Å². The van der Waals surface area contributed by atoms with Crippen molar-refractivity contribution in [3.8, 4) is 0 Å². The molecule has 2 heteroatoms. The smallest absolute Gasteiger partial charge is 0.128 e. The first-order chi connectivity index (χ1) is 7.68. The normalized spacial score (nSPS) is 9.56. The quantitative estimate of drug-likeness (QED) is 0.723. The Morgan fingerprint density at radius 2 is 1.69 bits per heavy atom. The fraction of sp³-hybridized carbons (Fsp3) is 0.357. The van der Waals surface area contributed by atoms with Gasteiger partial charge in [-0.05, 0) is 24.6 Å². The van der Waals surface area contributed by atoms with Crippen LogP contribution in [0, 0.1) is 6.92 Å². The van der Waals surface area contributed by atoms with Crippen molar-refractivity contribution in [1.29, 1.82) is 0 Å². The summed E-state index contributed by atoms with van der Waals surface area (Å²) >= 11 is 0. The molecule has 1 heterocycles. The number of pyridine rings is 1. The maximum absolute atomic E-state index is 4.56. The molecule has 2 rings (SSSR count). The van der Waals surface area contributed by atoms with Gasteiger partial charge in [-0.1, -0.05) is 32.0 Å². The summed E-state index contributed by atoms with van der Waals surface area (Å²) in [6, 6.07) is 10.3. The van der Waals surface area contributed by atoms with Gasteiger partial charge >= 0.3 is 0 Å². The van der Waals surface area contributed by atoms with E-state index in [9.17, 15) is 0 Å². The average Bonchev–Trinajstić information content (AvgIpc) is 2.31. The summed E-state index contributed by atoms with van der Waals surface area (Å²) in [5, 5.41) is 1.23. The number of benzene rings is 1. The van der Waals surface area contributed by atoms with Crippen molar-refractivity contribution >= 4 is 16.7 Å². The summed E-state index contributed by atoms with van der Waals surface area (Å²) in [7, 11) is 4.02. The monoisotopic (exact) mass is 216 g/mol. The standard InChI is InChI=1S/C12H14N2.C2H6/c1-9-8-12(14(2)3)13-11-7-5-4-6-10(9)11;1-2/h4-8H,1-3H3;1-2H3. The zero-order valence-corrected chi connectivity index (χ0v) is 10.8. The Morgan fingerprint density at radius 1 is 1.06 bits per heavy atom. The summed E-state index contributed by atoms with van der Waals surface area (Å²) in [5.74, 6) is 1.02. The number of rotatable bonds is 1. The number of fused-ring (bicyclic) bond motifs is 1. The molecule has 0 aliphatic carbocycles. The number of aromatic nitrogens is 1. The van der Waals surface area contributed by atoms with E-state index < -0.39 is 0 Å². The lowest BCUT2D eigenvalue weighted by Gasteiger charge is -2.13. The lowest BCUT2D eigenvalue weighted by molar-refractivity contribution is 1.08. The summed E-state index contributed by atoms with van der Waals surface area (Å²) in [4.78, 5) is 6.59. The van der Waals surface area contributed by atoms with E-state index in [2.05, 4.69) is 30.1 Å². The first kappa shape index (κ1) is 12.5. The molecule has 1 aromatic heterocycles. The number of hydrogen-bond acceptors (Lipinski definition) is 2. The molecule has 0 saturated heterocycles. The number of anilines is 1. The Balaban J connectivity index is 0.000000606. The Bertz CT molecular complexity index is 461. The SMILES string of the molecule is CC.Cc1cc(N(C)C)nc2ccccc12. The van der Waals surface area contributed by atoms with Crippen molar-refractivity contribution in [2.24, 2.45) is 0 Å². The summed E-state index contributed by atoms with van der Waals surface area (Å²) in [6.07, 6.45) is 0. The van der Waals surface area contributed by atoms with Crippen LogP contribution in [0.4, 0.5) is 5.82 Å². The van der Waals surface area contributed by atoms with E-state index in [1.165, 1.54) is 10.9 Å². The Kier molecular flexibility index (Phi) is 4.29. The molecular weight excluding hydrogens is 196 g/mol. The number of aryl methyl sites for hydroxylation is 1. The molecule has 0 fully saturated rings. The van der Waals surface area contributed by atoms with E-state index in [4.69, 9.17) is 0 Å². The van der Waals surface area contributed by atoms with Crippen LogP contribution in [0.1, 0.15) is 19.4 Å². The van der Waals surface area contributed by atoms with Crippen LogP contribution in [0.25, 0.3) is 10.9 Å². The third-order valence-electron chi connectivity index (χ3n) is 2.37. The summed E-state index contributed by atoms with van der Waals surface area (Å²) < 4.78 is 0. The molecule has 0 atom stereocenters. The van der Waals surface area contributed by atoms with Crippen LogP contribution in [0.5, 0.6) is 0 Å². The van der Waals surface area contributed by atoms with Crippen molar-refractivity contribution in [2.75, 3.05) is 19.0 Å². The zero-order valence-electron chi connectivity index (χ0n) is 10.8. The van der Waals surface area contributed by atoms with Crippen LogP contribution in [0.15, 0.2) is 30.3 Å². The molecule has 0 N–H and O–H groups in total. The van der Waals surface area contributed by atoms with E-state index in [1.807, 2.05) is 45.0 Å². The van der Waals surface area contributed by atoms with Gasteiger partial charge < -0.3 is 4.90 Å². The number of nitrogens with zero attached hydrogens (tertiary/aromatic N) is 2. The van der Waals surface area contributed by atoms with E-state index in [1.54, 1.807) is 0 Å². The zero-order chi connectivity index (χ0) is 12.1. The molecule has 0 aliphatic rings. The molecule has 0 amide bonds. The topological polar surface area (TPSA) is 16.1 Å². The molecule has 0 spiro atoms. The number of para-hydroxylation sites is 1. The predicted molar refractivity (Wildman–Crippen MR) is 72.2 cm³/mol. The predicted octanol–water partition coefficient (Wildman–Crippen LogP) is 3.64. The second kappa shape index (κ2) is 5.50. The lowest BCUT2D eigenvalue weighted by Crippen LogP contribution is -2.10. The van der Waals surface area contributed by atoms with Gasteiger partial charge in [0, 0.05) is 19.5 Å². The summed E-state index contributed by atoms with van der Waals surface area (Å²) in [6.45, 7) is 6.12. The lowest BCUT2D eigenvalue weighted by atomic mass is 10.1. The first-order valence-electron chi connectivity index (χ1n) is 5.72. The van der Waals surface area contributed by atoms with E-state index in [-0.39, 0.29) is 0 Å². The fourth-order valence-corrected chi connectivity index (χ4v) is 1.56. The molecule has 0 bridgehead atoms. The van der Waals surface area contributed by atoms with Gasteiger partial charge in [-0.15, -0.1) is 0 Å². The second-order valence-electron chi connectivity index (χ2n) is 3.71. The van der Waals surface area contributed by atoms with E-state index in [0.717, 1.165) is 11.3 Å². The third-order valence-corrected chi connectivity index (χ3v) is 2.37. The minimum Gasteiger partial charge on any atom is -0.363 e. The summed E-state index contributed by atoms with van der Waals surface area (Å²) in [5.41, 5.74) is 2.34. The largest absolute Gasteiger partial charge is 0.363 e. The minimum atomic E-state index is 1.02. The maximum Gasteiger partial charge on any atom is 0.128 e. The first-order valence-corrected chi connectivity index (χ1v) is 5.72. The van der Waals surface area contributed by atoms with Gasteiger partial charge in [0.25, 0.3) is 0 Å². The third kappa shape index (κ3) is 2.51. The van der Waals surface area contributed by atoms with Gasteiger partial charge in [0.2, 0.25) is 0 Å². The van der Waals surface area contributed by atoms with Crippen LogP contribution in [-0.2, 0) is 0 Å². The molecule has 1 aromatic carbocycles. The Labute approximate surface area is 97.9 Å². The van der Waals surface area contributed by atoms with Crippen molar-refractivity contribution in [3.63, 3.8) is 0 Å². The molecule has 86 valence electrons. The van der Waals surface area contributed by atoms with Gasteiger partial charge in [0.1, 0.15) is 5.82 Å². The minimum absolute atomic E-state index is 1.02. The van der Waals surface area contributed by atoms with Gasteiger partial charge in [-0.25, -0.2) is 4.98 Å². The highest BCUT2D eigenvalue weighted by Crippen LogP contribution is 2.20. The van der Waals surface area contributed by atoms with E-state index in [0.29, 0.717) is 0 Å². The molecule has 16 heavy (non-hydrogen) atoms. The van der Waals surface area contributed by atoms with Gasteiger partial charge in [-0.3, -0.25) is 0 Å². The molecule has 2 aromatic rings. The highest BCUT2D eigenvalue weighted by molar-refractivity contribution is 5.83. The highest BCUT2D eigenvalue weighted by Gasteiger charge is 2.02.